The molecule has 0 amide bonds. The van der Waals surface area contributed by atoms with Crippen LogP contribution >= 0.6 is 0 Å². The van der Waals surface area contributed by atoms with Crippen LogP contribution in [0.4, 0.5) is 34.1 Å². The second-order valence-corrected chi connectivity index (χ2v) is 14.0. The van der Waals surface area contributed by atoms with E-state index >= 15 is 0 Å². The molecule has 55 heavy (non-hydrogen) atoms. The molecule has 0 spiro atoms. The van der Waals surface area contributed by atoms with Crippen LogP contribution in [0.15, 0.2) is 127 Å². The quantitative estimate of drug-likeness (QED) is 0.0486. The topological polar surface area (TPSA) is 291 Å². The van der Waals surface area contributed by atoms with Crippen LogP contribution in [0.2, 0.25) is 0 Å². The van der Waals surface area contributed by atoms with Gasteiger partial charge in [0.05, 0.1) is 31.0 Å². The van der Waals surface area contributed by atoms with Crippen LogP contribution in [-0.2, 0) is 20.2 Å². The normalized spacial score (nSPS) is 11.7. The minimum atomic E-state index is -4.71. The molecule has 18 nitrogen and oxygen atoms in total. The van der Waals surface area contributed by atoms with E-state index in [1.165, 1.54) is 97.1 Å². The first-order chi connectivity index (χ1) is 25.4. The second kappa shape index (κ2) is 17.1. The predicted molar refractivity (Wildman–Crippen MR) is 197 cm³/mol. The van der Waals surface area contributed by atoms with Crippen molar-refractivity contribution in [2.24, 2.45) is 20.5 Å². The van der Waals surface area contributed by atoms with E-state index in [9.17, 15) is 56.4 Å². The molecule has 0 radical (unpaired) electrons. The van der Waals surface area contributed by atoms with Crippen molar-refractivity contribution in [3.8, 4) is 11.5 Å². The Hall–Kier alpha value is -5.17. The number of aromatic hydroxyl groups is 2. The van der Waals surface area contributed by atoms with Crippen molar-refractivity contribution >= 4 is 125 Å². The third-order valence-electron chi connectivity index (χ3n) is 7.77. The van der Waals surface area contributed by atoms with Gasteiger partial charge in [0.1, 0.15) is 43.1 Å². The van der Waals surface area contributed by atoms with Crippen LogP contribution < -0.4 is 0 Å². The average molecular weight is 910 g/mol. The number of azo groups is 2. The number of hydrogen-bond acceptors (Lipinski definition) is 16. The van der Waals surface area contributed by atoms with Gasteiger partial charge in [-0.1, -0.05) is 24.3 Å². The van der Waals surface area contributed by atoms with Crippen LogP contribution in [0.3, 0.4) is 0 Å². The third-order valence-corrected chi connectivity index (χ3v) is 9.56. The Labute approximate surface area is 351 Å². The average Bonchev–Trinajstić information content (AvgIpc) is 3.09. The van der Waals surface area contributed by atoms with Gasteiger partial charge in [0.2, 0.25) is 0 Å². The van der Waals surface area contributed by atoms with Gasteiger partial charge < -0.3 is 19.3 Å². The number of fused-ring (bicyclic) bond motifs is 2. The summed E-state index contributed by atoms with van der Waals surface area (Å²) in [6.07, 6.45) is 0. The molecule has 0 bridgehead atoms. The van der Waals surface area contributed by atoms with Crippen molar-refractivity contribution in [2.45, 2.75) is 23.6 Å². The summed E-state index contributed by atoms with van der Waals surface area (Å²) in [5.74, 6) is -0.518. The van der Waals surface area contributed by atoms with Crippen LogP contribution in [0.1, 0.15) is 11.1 Å². The van der Waals surface area contributed by atoms with Gasteiger partial charge >= 0.3 is 48.9 Å². The van der Waals surface area contributed by atoms with Crippen LogP contribution in [-0.4, -0.2) is 94.9 Å². The molecule has 0 aliphatic heterocycles. The Morgan fingerprint density at radius 1 is 0.527 bits per heavy atom. The fraction of sp³-hybridized carbons (Fsp3) is 0.0588. The summed E-state index contributed by atoms with van der Waals surface area (Å²) in [5, 5.41) is 58.4. The molecule has 0 aliphatic carbocycles. The molecule has 2 N–H and O–H groups in total. The largest absolute Gasteiger partial charge is 2.00 e. The Morgan fingerprint density at radius 3 is 1.20 bits per heavy atom. The maximum absolute atomic E-state index is 11.4. The molecule has 0 atom stereocenters. The number of nitro benzene ring substituents is 2. The molecule has 21 heteroatoms. The molecular formula is C34H24BaN6O12S2. The van der Waals surface area contributed by atoms with Gasteiger partial charge in [0.25, 0.3) is 11.4 Å². The molecule has 0 heterocycles. The summed E-state index contributed by atoms with van der Waals surface area (Å²) >= 11 is 0. The van der Waals surface area contributed by atoms with E-state index in [1.54, 1.807) is 13.8 Å². The van der Waals surface area contributed by atoms with E-state index in [0.717, 1.165) is 0 Å². The van der Waals surface area contributed by atoms with Crippen molar-refractivity contribution in [1.82, 2.24) is 0 Å². The molecule has 6 aromatic rings. The van der Waals surface area contributed by atoms with Crippen molar-refractivity contribution in [3.63, 3.8) is 0 Å². The van der Waals surface area contributed by atoms with Gasteiger partial charge in [-0.15, -0.1) is 10.2 Å². The summed E-state index contributed by atoms with van der Waals surface area (Å²) in [6.45, 7) is 3.11. The molecule has 6 rings (SSSR count). The van der Waals surface area contributed by atoms with E-state index < -0.39 is 39.9 Å². The zero-order valence-electron chi connectivity index (χ0n) is 28.4. The van der Waals surface area contributed by atoms with E-state index in [1.807, 2.05) is 0 Å². The number of hydrogen-bond donors (Lipinski definition) is 2. The Balaban J connectivity index is 0.000000240. The standard InChI is InChI=1S/2C17H13N3O6S.Ba/c2*1-10-9-11(5-7-14(10)20(22)23)18-19-17-13-3-2-4-16(27(24,25)26)12(13)6-8-15(17)21;/h2*2-9,21H,1H3,(H,24,25,26);/q;;+2/p-2. The van der Waals surface area contributed by atoms with Gasteiger partial charge in [-0.05, 0) is 74.5 Å². The number of nitrogens with zero attached hydrogens (tertiary/aromatic N) is 6. The maximum atomic E-state index is 11.4. The summed E-state index contributed by atoms with van der Waals surface area (Å²) in [6, 6.07) is 21.4. The fourth-order valence-corrected chi connectivity index (χ4v) is 6.66. The van der Waals surface area contributed by atoms with Gasteiger partial charge in [-0.3, -0.25) is 20.2 Å². The van der Waals surface area contributed by atoms with Crippen LogP contribution in [0.25, 0.3) is 21.5 Å². The molecule has 0 saturated heterocycles. The van der Waals surface area contributed by atoms with Crippen molar-refractivity contribution in [3.05, 3.63) is 128 Å². The van der Waals surface area contributed by atoms with Gasteiger partial charge in [-0.2, -0.15) is 10.2 Å². The second-order valence-electron chi connectivity index (χ2n) is 11.3. The number of rotatable bonds is 8. The molecule has 0 fully saturated rings. The smallest absolute Gasteiger partial charge is 0.744 e. The molecular weight excluding hydrogens is 886 g/mol. The van der Waals surface area contributed by atoms with Crippen molar-refractivity contribution in [2.75, 3.05) is 0 Å². The number of nitro groups is 2. The van der Waals surface area contributed by atoms with Gasteiger partial charge in [0.15, 0.2) is 0 Å². The molecule has 6 aromatic carbocycles. The minimum absolute atomic E-state index is 0. The first-order valence-electron chi connectivity index (χ1n) is 15.1. The number of phenols is 2. The summed E-state index contributed by atoms with van der Waals surface area (Å²) in [5.41, 5.74) is 1.23. The number of phenolic OH excluding ortho intramolecular Hbond substituents is 2. The van der Waals surface area contributed by atoms with Crippen LogP contribution in [0, 0.1) is 34.1 Å². The zero-order chi connectivity index (χ0) is 39.5. The van der Waals surface area contributed by atoms with Gasteiger partial charge in [-0.25, -0.2) is 16.8 Å². The maximum Gasteiger partial charge on any atom is 2.00 e. The summed E-state index contributed by atoms with van der Waals surface area (Å²) < 4.78 is 68.5. The Bertz CT molecular complexity index is 2610. The fourth-order valence-electron chi connectivity index (χ4n) is 5.28. The SMILES string of the molecule is Cc1cc(N=Nc2c(O)ccc3c(S(=O)(=O)[O-])cccc23)ccc1[N+](=O)[O-].Cc1cc(N=Nc2c(O)ccc3c(S(=O)(=O)[O-])cccc23)ccc1[N+](=O)[O-].[Ba+2]. The first kappa shape index (κ1) is 42.6. The number of aryl methyl sites for hydroxylation is 2. The molecule has 0 unspecified atom stereocenters. The van der Waals surface area contributed by atoms with Crippen molar-refractivity contribution in [1.29, 1.82) is 0 Å². The monoisotopic (exact) mass is 910 g/mol. The van der Waals surface area contributed by atoms with Crippen LogP contribution in [0.5, 0.6) is 11.5 Å². The van der Waals surface area contributed by atoms with E-state index in [0.29, 0.717) is 22.5 Å². The molecule has 0 aliphatic rings. The van der Waals surface area contributed by atoms with E-state index in [-0.39, 0.29) is 105 Å². The van der Waals surface area contributed by atoms with E-state index in [4.69, 9.17) is 0 Å². The van der Waals surface area contributed by atoms with E-state index in [2.05, 4.69) is 20.5 Å². The third kappa shape index (κ3) is 9.75. The Morgan fingerprint density at radius 2 is 0.891 bits per heavy atom. The molecule has 0 saturated carbocycles. The first-order valence-corrected chi connectivity index (χ1v) is 17.9. The molecule has 276 valence electrons. The molecule has 0 aromatic heterocycles. The van der Waals surface area contributed by atoms with Crippen molar-refractivity contribution < 1.29 is 46.0 Å². The summed E-state index contributed by atoms with van der Waals surface area (Å²) in [4.78, 5) is 19.8. The zero-order valence-corrected chi connectivity index (χ0v) is 34.5. The predicted octanol–water partition coefficient (Wildman–Crippen LogP) is 7.78. The summed E-state index contributed by atoms with van der Waals surface area (Å²) in [7, 11) is -9.42. The van der Waals surface area contributed by atoms with Gasteiger partial charge in [0, 0.05) is 44.8 Å². The number of benzene rings is 6. The Kier molecular flexibility index (Phi) is 13.2. The minimum Gasteiger partial charge on any atom is -0.744 e.